The van der Waals surface area contributed by atoms with Gasteiger partial charge in [0.05, 0.1) is 11.2 Å². The van der Waals surface area contributed by atoms with Gasteiger partial charge >= 0.3 is 7.12 Å². The van der Waals surface area contributed by atoms with Crippen molar-refractivity contribution in [3.63, 3.8) is 0 Å². The highest BCUT2D eigenvalue weighted by Crippen LogP contribution is 2.43. The van der Waals surface area contributed by atoms with Crippen molar-refractivity contribution in [3.05, 3.63) is 29.6 Å². The molecule has 0 radical (unpaired) electrons. The zero-order chi connectivity index (χ0) is 14.8. The van der Waals surface area contributed by atoms with Crippen LogP contribution < -0.4 is 11.2 Å². The average Bonchev–Trinajstić information content (AvgIpc) is 3.01. The van der Waals surface area contributed by atoms with E-state index in [-0.39, 0.29) is 11.4 Å². The lowest BCUT2D eigenvalue weighted by Gasteiger charge is -2.32. The maximum absolute atomic E-state index is 13.9. The van der Waals surface area contributed by atoms with E-state index >= 15 is 0 Å². The van der Waals surface area contributed by atoms with Crippen molar-refractivity contribution in [1.29, 1.82) is 0 Å². The average molecular weight is 277 g/mol. The minimum atomic E-state index is -0.545. The number of rotatable bonds is 2. The van der Waals surface area contributed by atoms with Crippen LogP contribution in [0.2, 0.25) is 0 Å². The van der Waals surface area contributed by atoms with Crippen LogP contribution in [0.4, 0.5) is 4.39 Å². The second-order valence-corrected chi connectivity index (χ2v) is 7.02. The molecule has 5 heteroatoms. The Morgan fingerprint density at radius 1 is 1.05 bits per heavy atom. The van der Waals surface area contributed by atoms with Crippen LogP contribution in [0.1, 0.15) is 46.1 Å². The molecule has 1 aromatic carbocycles. The monoisotopic (exact) mass is 277 g/mol. The van der Waals surface area contributed by atoms with Gasteiger partial charge < -0.3 is 15.0 Å². The second kappa shape index (κ2) is 4.06. The minimum absolute atomic E-state index is 0.288. The van der Waals surface area contributed by atoms with E-state index in [0.717, 1.165) is 18.4 Å². The maximum atomic E-state index is 13.9. The van der Waals surface area contributed by atoms with Crippen LogP contribution in [0.25, 0.3) is 0 Å². The van der Waals surface area contributed by atoms with Gasteiger partial charge in [-0.3, -0.25) is 0 Å². The first kappa shape index (κ1) is 14.0. The van der Waals surface area contributed by atoms with E-state index in [1.807, 2.05) is 33.8 Å². The van der Waals surface area contributed by atoms with Crippen LogP contribution in [-0.4, -0.2) is 18.3 Å². The van der Waals surface area contributed by atoms with Crippen LogP contribution in [0, 0.1) is 5.82 Å². The van der Waals surface area contributed by atoms with E-state index in [4.69, 9.17) is 15.0 Å². The summed E-state index contributed by atoms with van der Waals surface area (Å²) in [5.41, 5.74) is 6.49. The lowest BCUT2D eigenvalue weighted by molar-refractivity contribution is 0.00578. The molecule has 3 nitrogen and oxygen atoms in total. The number of hydrogen-bond donors (Lipinski definition) is 1. The van der Waals surface area contributed by atoms with Crippen LogP contribution >= 0.6 is 0 Å². The first-order valence-electron chi connectivity index (χ1n) is 7.09. The molecule has 2 aliphatic rings. The Bertz CT molecular complexity index is 539. The van der Waals surface area contributed by atoms with Crippen LogP contribution in [0.15, 0.2) is 18.2 Å². The van der Waals surface area contributed by atoms with Gasteiger partial charge in [0.25, 0.3) is 0 Å². The van der Waals surface area contributed by atoms with E-state index in [1.165, 1.54) is 12.1 Å². The van der Waals surface area contributed by atoms with Crippen LogP contribution in [-0.2, 0) is 14.8 Å². The number of hydrogen-bond acceptors (Lipinski definition) is 3. The standard InChI is InChI=1S/C15H21BFNO2/c1-13(2)14(3,4)20-16(19-13)11-7-10(8-12(17)9-11)15(18)5-6-15/h7-9H,5-6,18H2,1-4H3. The summed E-state index contributed by atoms with van der Waals surface area (Å²) in [6.45, 7) is 7.94. The molecule has 1 saturated heterocycles. The first-order chi connectivity index (χ1) is 9.13. The fourth-order valence-corrected chi connectivity index (χ4v) is 2.44. The molecule has 2 N–H and O–H groups in total. The highest BCUT2D eigenvalue weighted by molar-refractivity contribution is 6.62. The SMILES string of the molecule is CC1(C)OB(c2cc(F)cc(C3(N)CC3)c2)OC1(C)C. The number of nitrogens with two attached hydrogens (primary N) is 1. The Morgan fingerprint density at radius 3 is 2.10 bits per heavy atom. The molecular formula is C15H21BFNO2. The summed E-state index contributed by atoms with van der Waals surface area (Å²) in [5, 5.41) is 0. The molecule has 1 aliphatic heterocycles. The van der Waals surface area contributed by atoms with Crippen molar-refractivity contribution in [2.45, 2.75) is 57.3 Å². The summed E-state index contributed by atoms with van der Waals surface area (Å²) in [6.07, 6.45) is 1.80. The molecule has 1 heterocycles. The van der Waals surface area contributed by atoms with Gasteiger partial charge in [0.2, 0.25) is 0 Å². The third kappa shape index (κ3) is 2.18. The Balaban J connectivity index is 1.94. The van der Waals surface area contributed by atoms with E-state index in [1.54, 1.807) is 0 Å². The Kier molecular flexibility index (Phi) is 2.85. The highest BCUT2D eigenvalue weighted by atomic mass is 19.1. The summed E-state index contributed by atoms with van der Waals surface area (Å²) < 4.78 is 25.8. The normalized spacial score (nSPS) is 25.8. The van der Waals surface area contributed by atoms with Crippen molar-refractivity contribution < 1.29 is 13.7 Å². The highest BCUT2D eigenvalue weighted by Gasteiger charge is 2.52. The van der Waals surface area contributed by atoms with Crippen LogP contribution in [0.5, 0.6) is 0 Å². The molecule has 0 aromatic heterocycles. The topological polar surface area (TPSA) is 44.5 Å². The second-order valence-electron chi connectivity index (χ2n) is 7.02. The molecule has 0 atom stereocenters. The molecule has 108 valence electrons. The largest absolute Gasteiger partial charge is 0.494 e. The Hall–Kier alpha value is -0.905. The van der Waals surface area contributed by atoms with Gasteiger partial charge in [-0.15, -0.1) is 0 Å². The van der Waals surface area contributed by atoms with E-state index in [9.17, 15) is 4.39 Å². The molecule has 2 fully saturated rings. The molecule has 3 rings (SSSR count). The summed E-state index contributed by atoms with van der Waals surface area (Å²) in [6, 6.07) is 4.90. The molecule has 0 spiro atoms. The number of benzene rings is 1. The Morgan fingerprint density at radius 2 is 1.60 bits per heavy atom. The maximum Gasteiger partial charge on any atom is 0.494 e. The molecule has 1 aliphatic carbocycles. The van der Waals surface area contributed by atoms with Crippen molar-refractivity contribution in [3.8, 4) is 0 Å². The molecular weight excluding hydrogens is 256 g/mol. The molecule has 1 aromatic rings. The van der Waals surface area contributed by atoms with Gasteiger partial charge in [-0.1, -0.05) is 6.07 Å². The zero-order valence-electron chi connectivity index (χ0n) is 12.5. The van der Waals surface area contributed by atoms with Gasteiger partial charge in [-0.05, 0) is 63.7 Å². The summed E-state index contributed by atoms with van der Waals surface area (Å²) in [4.78, 5) is 0. The van der Waals surface area contributed by atoms with Gasteiger partial charge in [0, 0.05) is 5.54 Å². The molecule has 20 heavy (non-hydrogen) atoms. The molecule has 1 saturated carbocycles. The van der Waals surface area contributed by atoms with Gasteiger partial charge in [-0.25, -0.2) is 4.39 Å². The van der Waals surface area contributed by atoms with E-state index < -0.39 is 18.3 Å². The smallest absolute Gasteiger partial charge is 0.399 e. The molecule has 0 unspecified atom stereocenters. The van der Waals surface area contributed by atoms with Gasteiger partial charge in [0.15, 0.2) is 0 Å². The lowest BCUT2D eigenvalue weighted by atomic mass is 9.77. The summed E-state index contributed by atoms with van der Waals surface area (Å²) in [5.74, 6) is -0.288. The first-order valence-corrected chi connectivity index (χ1v) is 7.09. The van der Waals surface area contributed by atoms with Gasteiger partial charge in [-0.2, -0.15) is 0 Å². The third-order valence-corrected chi connectivity index (χ3v) is 4.81. The van der Waals surface area contributed by atoms with Crippen LogP contribution in [0.3, 0.4) is 0 Å². The predicted octanol–water partition coefficient (Wildman–Crippen LogP) is 2.07. The van der Waals surface area contributed by atoms with Crippen molar-refractivity contribution in [2.75, 3.05) is 0 Å². The third-order valence-electron chi connectivity index (χ3n) is 4.81. The Labute approximate surface area is 119 Å². The van der Waals surface area contributed by atoms with Crippen molar-refractivity contribution in [2.24, 2.45) is 5.73 Å². The van der Waals surface area contributed by atoms with E-state index in [2.05, 4.69) is 0 Å². The van der Waals surface area contributed by atoms with Crippen molar-refractivity contribution in [1.82, 2.24) is 0 Å². The minimum Gasteiger partial charge on any atom is -0.399 e. The lowest BCUT2D eigenvalue weighted by Crippen LogP contribution is -2.41. The van der Waals surface area contributed by atoms with Gasteiger partial charge in [0.1, 0.15) is 5.82 Å². The summed E-state index contributed by atoms with van der Waals surface area (Å²) in [7, 11) is -0.545. The predicted molar refractivity (Wildman–Crippen MR) is 77.2 cm³/mol. The quantitative estimate of drug-likeness (QED) is 0.842. The molecule has 0 amide bonds. The van der Waals surface area contributed by atoms with Crippen molar-refractivity contribution >= 4 is 12.6 Å². The number of halogens is 1. The fraction of sp³-hybridized carbons (Fsp3) is 0.600. The summed E-state index contributed by atoms with van der Waals surface area (Å²) >= 11 is 0. The molecule has 0 bridgehead atoms. The van der Waals surface area contributed by atoms with E-state index in [0.29, 0.717) is 5.46 Å². The fourth-order valence-electron chi connectivity index (χ4n) is 2.44. The zero-order valence-corrected chi connectivity index (χ0v) is 12.5.